The Labute approximate surface area is 392 Å². The molecule has 0 atom stereocenters. The van der Waals surface area contributed by atoms with E-state index in [1.165, 1.54) is 14.2 Å². The monoisotopic (exact) mass is 911 g/mol. The molecule has 0 saturated heterocycles. The predicted molar refractivity (Wildman–Crippen MR) is 263 cm³/mol. The summed E-state index contributed by atoms with van der Waals surface area (Å²) >= 11 is 3.30. The molecule has 0 aliphatic carbocycles. The van der Waals surface area contributed by atoms with E-state index in [-0.39, 0.29) is 11.8 Å². The Morgan fingerprint density at radius 1 is 0.591 bits per heavy atom. The molecule has 0 fully saturated rings. The first-order valence-corrected chi connectivity index (χ1v) is 22.1. The van der Waals surface area contributed by atoms with Gasteiger partial charge in [-0.2, -0.15) is 0 Å². The molecule has 13 heteroatoms. The van der Waals surface area contributed by atoms with Crippen molar-refractivity contribution in [3.05, 3.63) is 197 Å². The number of nitrogens with one attached hydrogen (secondary N) is 2. The normalized spacial score (nSPS) is 11.7. The quantitative estimate of drug-likeness (QED) is 0.0732. The zero-order valence-corrected chi connectivity index (χ0v) is 38.2. The second-order valence-electron chi connectivity index (χ2n) is 14.3. The lowest BCUT2D eigenvalue weighted by molar-refractivity contribution is 0.0537. The number of rotatable bonds is 9. The number of aliphatic imine (C=N–C) groups is 2. The van der Waals surface area contributed by atoms with Crippen LogP contribution in [0.15, 0.2) is 187 Å². The zero-order valence-electron chi connectivity index (χ0n) is 36.5. The maximum atomic E-state index is 12.9. The van der Waals surface area contributed by atoms with Crippen LogP contribution in [0.25, 0.3) is 0 Å². The van der Waals surface area contributed by atoms with Gasteiger partial charge in [-0.1, -0.05) is 78.5 Å². The number of hydrogen-bond donors (Lipinski definition) is 3. The summed E-state index contributed by atoms with van der Waals surface area (Å²) in [6, 6.07) is 50.7. The highest BCUT2D eigenvalue weighted by atomic mass is 32.2. The number of benzene rings is 7. The van der Waals surface area contributed by atoms with Crippen molar-refractivity contribution < 1.29 is 28.6 Å². The van der Waals surface area contributed by atoms with Gasteiger partial charge in [-0.25, -0.2) is 15.5 Å². The second kappa shape index (κ2) is 22.2. The Bertz CT molecular complexity index is 2950. The van der Waals surface area contributed by atoms with Gasteiger partial charge in [0.15, 0.2) is 0 Å². The van der Waals surface area contributed by atoms with Gasteiger partial charge < -0.3 is 25.3 Å². The molecular weight excluding hydrogens is 867 g/mol. The van der Waals surface area contributed by atoms with Crippen molar-refractivity contribution >= 4 is 63.8 Å². The molecule has 330 valence electrons. The first-order chi connectivity index (χ1) is 32.2. The Morgan fingerprint density at radius 2 is 1.05 bits per heavy atom. The molecule has 11 nitrogen and oxygen atoms in total. The molecule has 4 N–H and O–H groups in total. The van der Waals surface area contributed by atoms with E-state index in [9.17, 15) is 9.59 Å². The van der Waals surface area contributed by atoms with Crippen molar-refractivity contribution in [2.45, 2.75) is 26.1 Å². The summed E-state index contributed by atoms with van der Waals surface area (Å²) in [5.41, 5.74) is 18.2. The van der Waals surface area contributed by atoms with Crippen molar-refractivity contribution in [1.82, 2.24) is 10.8 Å². The lowest BCUT2D eigenvalue weighted by Gasteiger charge is -2.09. The number of methoxy groups -OCH3 is 3. The van der Waals surface area contributed by atoms with Crippen LogP contribution in [0.5, 0.6) is 11.5 Å². The van der Waals surface area contributed by atoms with Gasteiger partial charge in [0, 0.05) is 65.2 Å². The molecule has 9 rings (SSSR count). The van der Waals surface area contributed by atoms with E-state index >= 15 is 0 Å². The Balaban J connectivity index is 0.000000185. The number of carbonyl (C=O) groups excluding carboxylic acids is 2. The van der Waals surface area contributed by atoms with Gasteiger partial charge in [0.05, 0.1) is 51.2 Å². The fourth-order valence-corrected chi connectivity index (χ4v) is 8.78. The molecule has 7 aromatic rings. The maximum absolute atomic E-state index is 12.9. The van der Waals surface area contributed by atoms with E-state index < -0.39 is 0 Å². The van der Waals surface area contributed by atoms with Crippen LogP contribution in [0.3, 0.4) is 0 Å². The van der Waals surface area contributed by atoms with E-state index in [2.05, 4.69) is 46.2 Å². The van der Waals surface area contributed by atoms with Crippen LogP contribution in [-0.2, 0) is 16.1 Å². The van der Waals surface area contributed by atoms with Gasteiger partial charge in [0.2, 0.25) is 0 Å². The summed E-state index contributed by atoms with van der Waals surface area (Å²) in [5.74, 6) is 1.13. The van der Waals surface area contributed by atoms with E-state index in [0.29, 0.717) is 23.4 Å². The number of ether oxygens (including phenoxy) is 3. The standard InChI is InChI=1S/C28H23N3O2S.C22H18N2O3S.C3H4O/c1-33-22-13-8-19(9-14-22)27-23-4-2-3-5-25(23)34-26-15-10-20(16-24(26)31-27)28(32)30-17-18-6-11-21(29)12-7-18;1-26-16-10-7-14(8-11-16)21-17-5-3-4-6-19(17)28-20-12-9-15(13-18(20)23-21)22(25)24-27-2;1-3-4-2/h2-16H,17,29H2,1H3,(H,30,32);3-13H,1-2H3,(H,24,25);1H,2H3. The molecule has 2 heterocycles. The third-order valence-electron chi connectivity index (χ3n) is 10.1. The molecule has 2 aliphatic heterocycles. The van der Waals surface area contributed by atoms with E-state index in [4.69, 9.17) is 30.0 Å². The average Bonchev–Trinajstić information content (AvgIpc) is 3.64. The van der Waals surface area contributed by atoms with Crippen LogP contribution in [-0.4, -0.2) is 51.7 Å². The molecule has 0 spiro atoms. The van der Waals surface area contributed by atoms with Crippen molar-refractivity contribution in [3.8, 4) is 24.0 Å². The topological polar surface area (TPSA) is 146 Å². The number of fused-ring (bicyclic) bond motifs is 4. The van der Waals surface area contributed by atoms with Crippen molar-refractivity contribution in [2.24, 2.45) is 9.98 Å². The zero-order chi connectivity index (χ0) is 46.4. The molecular formula is C53H45N5O6S2. The first kappa shape index (κ1) is 46.2. The lowest BCUT2D eigenvalue weighted by Crippen LogP contribution is -2.22. The number of carbonyl (C=O) groups is 2. The minimum atomic E-state index is -0.307. The summed E-state index contributed by atoms with van der Waals surface area (Å²) in [4.78, 5) is 44.0. The number of anilines is 1. The molecule has 0 bridgehead atoms. The van der Waals surface area contributed by atoms with E-state index in [1.807, 2.05) is 127 Å². The summed E-state index contributed by atoms with van der Waals surface area (Å²) in [7, 11) is 6.15. The number of amides is 2. The minimum Gasteiger partial charge on any atom is -0.497 e. The fraction of sp³-hybridized carbons (Fsp3) is 0.0943. The summed E-state index contributed by atoms with van der Waals surface area (Å²) in [5, 5.41) is 2.98. The third-order valence-corrected chi connectivity index (χ3v) is 12.4. The average molecular weight is 912 g/mol. The number of terminal acetylenes is 1. The smallest absolute Gasteiger partial charge is 0.274 e. The molecule has 7 aromatic carbocycles. The van der Waals surface area contributed by atoms with Gasteiger partial charge in [-0.15, -0.1) is 0 Å². The van der Waals surface area contributed by atoms with Gasteiger partial charge in [-0.05, 0) is 115 Å². The second-order valence-corrected chi connectivity index (χ2v) is 16.5. The van der Waals surface area contributed by atoms with Crippen LogP contribution in [0.1, 0.15) is 48.5 Å². The van der Waals surface area contributed by atoms with Gasteiger partial charge >= 0.3 is 0 Å². The predicted octanol–water partition coefficient (Wildman–Crippen LogP) is 10.7. The molecule has 0 unspecified atom stereocenters. The Morgan fingerprint density at radius 3 is 1.48 bits per heavy atom. The highest BCUT2D eigenvalue weighted by molar-refractivity contribution is 7.99. The molecule has 2 amide bonds. The highest BCUT2D eigenvalue weighted by Crippen LogP contribution is 2.43. The fourth-order valence-electron chi connectivity index (χ4n) is 6.77. The van der Waals surface area contributed by atoms with E-state index in [1.54, 1.807) is 49.9 Å². The van der Waals surface area contributed by atoms with Gasteiger partial charge in [0.25, 0.3) is 11.8 Å². The van der Waals surface area contributed by atoms with Crippen LogP contribution >= 0.6 is 23.5 Å². The molecule has 0 radical (unpaired) electrons. The van der Waals surface area contributed by atoms with Crippen molar-refractivity contribution in [3.63, 3.8) is 0 Å². The number of hydrogen-bond acceptors (Lipinski definition) is 11. The number of hydroxylamine groups is 1. The largest absolute Gasteiger partial charge is 0.497 e. The first-order valence-electron chi connectivity index (χ1n) is 20.4. The van der Waals surface area contributed by atoms with Crippen LogP contribution < -0.4 is 26.0 Å². The summed E-state index contributed by atoms with van der Waals surface area (Å²) < 4.78 is 14.7. The number of nitrogen functional groups attached to an aromatic ring is 1. The third kappa shape index (κ3) is 11.3. The van der Waals surface area contributed by atoms with E-state index in [0.717, 1.165) is 81.7 Å². The van der Waals surface area contributed by atoms with Gasteiger partial charge in [0.1, 0.15) is 17.6 Å². The van der Waals surface area contributed by atoms with Crippen molar-refractivity contribution in [1.29, 1.82) is 0 Å². The Kier molecular flexibility index (Phi) is 15.6. The number of nitrogens with zero attached hydrogens (tertiary/aromatic N) is 2. The SMILES string of the molecule is C#COC.CONC(=O)c1ccc2c(c1)N=C(c1ccc(OC)cc1)c1ccccc1S2.COc1ccc(C2=Nc3cc(C(=O)NCc4ccc(N)cc4)ccc3Sc3ccccc32)cc1. The van der Waals surface area contributed by atoms with Crippen LogP contribution in [0.4, 0.5) is 17.1 Å². The lowest BCUT2D eigenvalue weighted by atomic mass is 10.0. The highest BCUT2D eigenvalue weighted by Gasteiger charge is 2.22. The minimum absolute atomic E-state index is 0.146. The van der Waals surface area contributed by atoms with Crippen LogP contribution in [0.2, 0.25) is 0 Å². The van der Waals surface area contributed by atoms with Gasteiger partial charge in [-0.3, -0.25) is 14.4 Å². The maximum Gasteiger partial charge on any atom is 0.274 e. The molecule has 0 aromatic heterocycles. The molecule has 2 aliphatic rings. The Hall–Kier alpha value is -7.76. The molecule has 0 saturated carbocycles. The summed E-state index contributed by atoms with van der Waals surface area (Å²) in [6.07, 6.45) is 6.49. The summed E-state index contributed by atoms with van der Waals surface area (Å²) in [6.45, 7) is 0.427. The van der Waals surface area contributed by atoms with Crippen LogP contribution in [0, 0.1) is 12.5 Å². The number of nitrogens with two attached hydrogens (primary N) is 1. The molecule has 66 heavy (non-hydrogen) atoms. The van der Waals surface area contributed by atoms with Crippen molar-refractivity contribution in [2.75, 3.05) is 34.2 Å².